The van der Waals surface area contributed by atoms with Crippen LogP contribution in [0.3, 0.4) is 0 Å². The largest absolute Gasteiger partial charge is 0.432 e. The highest BCUT2D eigenvalue weighted by Crippen LogP contribution is 2.36. The van der Waals surface area contributed by atoms with E-state index in [0.29, 0.717) is 13.1 Å². The van der Waals surface area contributed by atoms with Gasteiger partial charge in [0, 0.05) is 40.9 Å². The van der Waals surface area contributed by atoms with E-state index in [9.17, 15) is 9.46 Å². The van der Waals surface area contributed by atoms with Crippen molar-refractivity contribution in [3.63, 3.8) is 0 Å². The Hall–Kier alpha value is -1.46. The number of aryl methyl sites for hydroxylation is 2. The Balaban J connectivity index is 1.76. The summed E-state index contributed by atoms with van der Waals surface area (Å²) in [5.41, 5.74) is 4.20. The number of aromatic amines is 2. The summed E-state index contributed by atoms with van der Waals surface area (Å²) in [7, 11) is -3.94. The zero-order valence-corrected chi connectivity index (χ0v) is 20.0. The van der Waals surface area contributed by atoms with Crippen LogP contribution in [0, 0.1) is 13.8 Å². The molecule has 0 bridgehead atoms. The van der Waals surface area contributed by atoms with Crippen molar-refractivity contribution in [2.45, 2.75) is 32.3 Å². The molecule has 0 amide bonds. The molecule has 0 fully saturated rings. The summed E-state index contributed by atoms with van der Waals surface area (Å²) in [6, 6.07) is 0. The first-order chi connectivity index (χ1) is 14.4. The number of imidazole rings is 2. The van der Waals surface area contributed by atoms with Gasteiger partial charge in [-0.25, -0.2) is 14.5 Å². The number of guanidine groups is 1. The first-order valence-electron chi connectivity index (χ1n) is 9.58. The highest BCUT2D eigenvalue weighted by atomic mass is 32.2. The normalized spacial score (nSPS) is 13.9. The first kappa shape index (κ1) is 24.8. The summed E-state index contributed by atoms with van der Waals surface area (Å²) in [6.45, 7) is 6.86. The van der Waals surface area contributed by atoms with Crippen molar-refractivity contribution in [2.75, 3.05) is 31.2 Å². The van der Waals surface area contributed by atoms with Crippen LogP contribution in [-0.4, -0.2) is 62.0 Å². The Morgan fingerprint density at radius 3 is 2.30 bits per heavy atom. The minimum atomic E-state index is -3.94. The summed E-state index contributed by atoms with van der Waals surface area (Å²) < 4.78 is 16.9. The monoisotopic (exact) mass is 475 g/mol. The molecule has 30 heavy (non-hydrogen) atoms. The van der Waals surface area contributed by atoms with Gasteiger partial charge in [0.1, 0.15) is 0 Å². The SMILES string of the molecule is CCOP(=O)(O)N/C(=N\CCSCc1nc[nH]c1C)NCCSCc1nc[nH]c1C. The van der Waals surface area contributed by atoms with Gasteiger partial charge in [-0.15, -0.1) is 0 Å². The van der Waals surface area contributed by atoms with Crippen LogP contribution in [0.15, 0.2) is 17.6 Å². The van der Waals surface area contributed by atoms with E-state index >= 15 is 0 Å². The van der Waals surface area contributed by atoms with Gasteiger partial charge in [-0.05, 0) is 20.8 Å². The molecule has 0 saturated carbocycles. The molecule has 0 spiro atoms. The van der Waals surface area contributed by atoms with Gasteiger partial charge in [0.05, 0.1) is 37.2 Å². The second-order valence-electron chi connectivity index (χ2n) is 6.26. The van der Waals surface area contributed by atoms with Crippen LogP contribution < -0.4 is 10.4 Å². The van der Waals surface area contributed by atoms with Gasteiger partial charge in [0.15, 0.2) is 5.96 Å². The summed E-state index contributed by atoms with van der Waals surface area (Å²) in [5, 5.41) is 5.59. The maximum Gasteiger partial charge on any atom is 0.432 e. The number of nitrogens with one attached hydrogen (secondary N) is 4. The summed E-state index contributed by atoms with van der Waals surface area (Å²) >= 11 is 3.43. The quantitative estimate of drug-likeness (QED) is 0.128. The van der Waals surface area contributed by atoms with E-state index in [1.807, 2.05) is 13.8 Å². The molecule has 0 saturated heterocycles. The first-order valence-corrected chi connectivity index (χ1v) is 13.5. The molecule has 2 aromatic rings. The number of H-pyrrole nitrogens is 2. The molecule has 13 heteroatoms. The fraction of sp³-hybridized carbons (Fsp3) is 0.588. The lowest BCUT2D eigenvalue weighted by atomic mass is 10.4. The predicted octanol–water partition coefficient (Wildman–Crippen LogP) is 2.59. The molecule has 0 radical (unpaired) electrons. The van der Waals surface area contributed by atoms with E-state index in [2.05, 4.69) is 35.3 Å². The van der Waals surface area contributed by atoms with Crippen molar-refractivity contribution in [1.82, 2.24) is 30.3 Å². The van der Waals surface area contributed by atoms with Crippen molar-refractivity contribution in [3.8, 4) is 0 Å². The van der Waals surface area contributed by atoms with Crippen LogP contribution in [0.5, 0.6) is 0 Å². The second kappa shape index (κ2) is 13.1. The molecule has 2 rings (SSSR count). The minimum Gasteiger partial charge on any atom is -0.355 e. The topological polar surface area (TPSA) is 140 Å². The molecular weight excluding hydrogens is 445 g/mol. The fourth-order valence-corrected chi connectivity index (χ4v) is 4.89. The van der Waals surface area contributed by atoms with Crippen molar-refractivity contribution in [3.05, 3.63) is 35.4 Å². The molecule has 0 aliphatic heterocycles. The molecule has 0 aliphatic carbocycles. The van der Waals surface area contributed by atoms with Crippen LogP contribution >= 0.6 is 31.3 Å². The third-order valence-electron chi connectivity index (χ3n) is 3.94. The lowest BCUT2D eigenvalue weighted by Gasteiger charge is -2.16. The molecule has 1 unspecified atom stereocenters. The summed E-state index contributed by atoms with van der Waals surface area (Å²) in [5.74, 6) is 3.42. The Bertz CT molecular complexity index is 843. The molecular formula is C17H30N7O3PS2. The Morgan fingerprint density at radius 1 is 1.17 bits per heavy atom. The van der Waals surface area contributed by atoms with Crippen molar-refractivity contribution < 1.29 is 14.0 Å². The van der Waals surface area contributed by atoms with Crippen LogP contribution in [0.1, 0.15) is 29.7 Å². The third kappa shape index (κ3) is 9.13. The zero-order chi connectivity index (χ0) is 21.8. The van der Waals surface area contributed by atoms with E-state index in [4.69, 9.17) is 4.52 Å². The van der Waals surface area contributed by atoms with Gasteiger partial charge in [0.25, 0.3) is 0 Å². The lowest BCUT2D eigenvalue weighted by molar-refractivity contribution is 0.269. The van der Waals surface area contributed by atoms with Gasteiger partial charge in [-0.2, -0.15) is 23.5 Å². The number of hydrogen-bond donors (Lipinski definition) is 5. The average molecular weight is 476 g/mol. The standard InChI is InChI=1S/C17H30N7O3PS2/c1-4-27-28(25,26)24-17(18-5-7-29-9-15-13(2)20-11-22-15)19-6-8-30-10-16-14(3)21-12-23-16/h11-12H,4-10H2,1-3H3,(H,20,22)(H,21,23)(H3,18,19,24,25,26). The zero-order valence-electron chi connectivity index (χ0n) is 17.5. The minimum absolute atomic E-state index is 0.131. The van der Waals surface area contributed by atoms with E-state index in [-0.39, 0.29) is 12.6 Å². The lowest BCUT2D eigenvalue weighted by Crippen LogP contribution is -2.37. The molecule has 1 atom stereocenters. The molecule has 0 aliphatic rings. The van der Waals surface area contributed by atoms with E-state index in [1.54, 1.807) is 43.1 Å². The predicted molar refractivity (Wildman–Crippen MR) is 124 cm³/mol. The third-order valence-corrected chi connectivity index (χ3v) is 6.96. The smallest absolute Gasteiger partial charge is 0.355 e. The second-order valence-corrected chi connectivity index (χ2v) is 9.99. The molecule has 168 valence electrons. The van der Waals surface area contributed by atoms with Crippen LogP contribution in [-0.2, 0) is 20.6 Å². The van der Waals surface area contributed by atoms with Gasteiger partial charge < -0.3 is 20.2 Å². The highest BCUT2D eigenvalue weighted by molar-refractivity contribution is 7.98. The molecule has 0 aromatic carbocycles. The maximum absolute atomic E-state index is 12.1. The molecule has 10 nitrogen and oxygen atoms in total. The van der Waals surface area contributed by atoms with Gasteiger partial charge >= 0.3 is 7.75 Å². The van der Waals surface area contributed by atoms with Crippen LogP contribution in [0.25, 0.3) is 0 Å². The number of aromatic nitrogens is 4. The van der Waals surface area contributed by atoms with E-state index in [1.165, 1.54) is 0 Å². The van der Waals surface area contributed by atoms with E-state index < -0.39 is 7.75 Å². The van der Waals surface area contributed by atoms with Crippen LogP contribution in [0.2, 0.25) is 0 Å². The fourth-order valence-electron chi connectivity index (χ4n) is 2.34. The number of thioether (sulfide) groups is 2. The van der Waals surface area contributed by atoms with Gasteiger partial charge in [-0.3, -0.25) is 14.6 Å². The molecule has 2 aromatic heterocycles. The van der Waals surface area contributed by atoms with Crippen molar-refractivity contribution in [1.29, 1.82) is 0 Å². The van der Waals surface area contributed by atoms with Crippen molar-refractivity contribution in [2.24, 2.45) is 4.99 Å². The number of rotatable bonds is 13. The average Bonchev–Trinajstić information content (AvgIpc) is 3.28. The maximum atomic E-state index is 12.1. The van der Waals surface area contributed by atoms with Crippen molar-refractivity contribution >= 4 is 37.2 Å². The van der Waals surface area contributed by atoms with E-state index in [0.717, 1.165) is 45.8 Å². The Morgan fingerprint density at radius 2 is 1.77 bits per heavy atom. The summed E-state index contributed by atoms with van der Waals surface area (Å²) in [6.07, 6.45) is 3.38. The highest BCUT2D eigenvalue weighted by Gasteiger charge is 2.20. The van der Waals surface area contributed by atoms with Gasteiger partial charge in [0.2, 0.25) is 0 Å². The molecule has 5 N–H and O–H groups in total. The van der Waals surface area contributed by atoms with Crippen LogP contribution in [0.4, 0.5) is 0 Å². The Kier molecular flexibility index (Phi) is 10.8. The number of nitrogens with zero attached hydrogens (tertiary/aromatic N) is 3. The number of hydrogen-bond acceptors (Lipinski definition) is 7. The summed E-state index contributed by atoms with van der Waals surface area (Å²) in [4.78, 5) is 28.9. The van der Waals surface area contributed by atoms with Gasteiger partial charge in [-0.1, -0.05) is 0 Å². The molecule has 2 heterocycles. The Labute approximate surface area is 185 Å². The number of aliphatic imine (C=N–C) groups is 1.